The second-order valence-corrected chi connectivity index (χ2v) is 8.95. The first-order chi connectivity index (χ1) is 16.0. The van der Waals surface area contributed by atoms with Gasteiger partial charge in [-0.2, -0.15) is 0 Å². The van der Waals surface area contributed by atoms with E-state index in [0.717, 1.165) is 43.2 Å². The summed E-state index contributed by atoms with van der Waals surface area (Å²) >= 11 is 8.82. The minimum Gasteiger partial charge on any atom is -0.331 e. The van der Waals surface area contributed by atoms with E-state index in [1.807, 2.05) is 78.2 Å². The van der Waals surface area contributed by atoms with Gasteiger partial charge in [0, 0.05) is 15.5 Å². The van der Waals surface area contributed by atoms with E-state index in [4.69, 9.17) is 22.2 Å². The fraction of sp³-hybridized carbons (Fsp3) is 0.0833. The smallest absolute Gasteiger partial charge is 0.258 e. The van der Waals surface area contributed by atoms with Gasteiger partial charge in [-0.15, -0.1) is 0 Å². The molecular formula is C24H19BrN6OS. The van der Waals surface area contributed by atoms with Crippen LogP contribution in [0.3, 0.4) is 0 Å². The van der Waals surface area contributed by atoms with E-state index in [1.165, 1.54) is 0 Å². The lowest BCUT2D eigenvalue weighted by Crippen LogP contribution is -2.45. The van der Waals surface area contributed by atoms with Crippen LogP contribution in [0.1, 0.15) is 5.56 Å². The Bertz CT molecular complexity index is 1530. The molecule has 1 amide bonds. The summed E-state index contributed by atoms with van der Waals surface area (Å²) in [4.78, 5) is 22.4. The monoisotopic (exact) mass is 518 g/mol. The number of nitrogens with zero attached hydrogens (tertiary/aromatic N) is 3. The molecule has 5 aromatic rings. The van der Waals surface area contributed by atoms with E-state index < -0.39 is 0 Å². The molecular weight excluding hydrogens is 500 g/mol. The van der Waals surface area contributed by atoms with Gasteiger partial charge >= 0.3 is 0 Å². The highest BCUT2D eigenvalue weighted by molar-refractivity contribution is 9.10. The van der Waals surface area contributed by atoms with E-state index >= 15 is 0 Å². The van der Waals surface area contributed by atoms with Crippen LogP contribution >= 0.6 is 28.1 Å². The molecule has 0 aliphatic carbocycles. The molecule has 9 heteroatoms. The second kappa shape index (κ2) is 8.76. The van der Waals surface area contributed by atoms with Crippen molar-refractivity contribution in [2.24, 2.45) is 0 Å². The molecule has 2 aromatic heterocycles. The summed E-state index contributed by atoms with van der Waals surface area (Å²) in [7, 11) is 0. The van der Waals surface area contributed by atoms with Gasteiger partial charge in [-0.1, -0.05) is 45.8 Å². The Kier molecular flexibility index (Phi) is 5.65. The molecule has 0 saturated carbocycles. The number of benzene rings is 3. The number of carbonyl (C=O) groups is 1. The van der Waals surface area contributed by atoms with Crippen LogP contribution < -0.4 is 16.2 Å². The summed E-state index contributed by atoms with van der Waals surface area (Å²) in [6.07, 6.45) is 0. The lowest BCUT2D eigenvalue weighted by Gasteiger charge is -2.13. The third kappa shape index (κ3) is 4.37. The van der Waals surface area contributed by atoms with Crippen LogP contribution in [-0.2, 0) is 11.3 Å². The first kappa shape index (κ1) is 21.3. The van der Waals surface area contributed by atoms with Crippen molar-refractivity contribution in [3.63, 3.8) is 0 Å². The Labute approximate surface area is 203 Å². The van der Waals surface area contributed by atoms with E-state index in [2.05, 4.69) is 32.1 Å². The van der Waals surface area contributed by atoms with Gasteiger partial charge in [0.25, 0.3) is 5.91 Å². The van der Waals surface area contributed by atoms with E-state index in [1.54, 1.807) is 0 Å². The number of hydrazine groups is 1. The quantitative estimate of drug-likeness (QED) is 0.234. The molecule has 5 rings (SSSR count). The van der Waals surface area contributed by atoms with Gasteiger partial charge in [-0.3, -0.25) is 15.6 Å². The molecule has 0 atom stereocenters. The largest absolute Gasteiger partial charge is 0.331 e. The van der Waals surface area contributed by atoms with Crippen LogP contribution in [0, 0.1) is 6.92 Å². The summed E-state index contributed by atoms with van der Waals surface area (Å²) < 4.78 is 2.80. The average Bonchev–Trinajstić information content (AvgIpc) is 3.09. The molecule has 33 heavy (non-hydrogen) atoms. The fourth-order valence-corrected chi connectivity index (χ4v) is 4.21. The Morgan fingerprint density at radius 3 is 2.48 bits per heavy atom. The first-order valence-corrected chi connectivity index (χ1v) is 11.4. The number of amides is 1. The minimum atomic E-state index is -0.264. The molecule has 0 unspecified atom stereocenters. The molecule has 0 fully saturated rings. The summed E-state index contributed by atoms with van der Waals surface area (Å²) in [5, 5.41) is 4.26. The number of aromatic nitrogens is 3. The maximum absolute atomic E-state index is 12.8. The lowest BCUT2D eigenvalue weighted by atomic mass is 10.2. The summed E-state index contributed by atoms with van der Waals surface area (Å²) in [5.74, 6) is -0.264. The SMILES string of the molecule is Cc1ccc(NC(=S)NNC(=O)Cn2c3ccc(Br)cc3c3nc4ccccc4nc32)cc1. The van der Waals surface area contributed by atoms with Crippen molar-refractivity contribution in [1.82, 2.24) is 25.4 Å². The molecule has 3 aromatic carbocycles. The van der Waals surface area contributed by atoms with Gasteiger partial charge in [-0.05, 0) is 61.6 Å². The molecule has 0 aliphatic rings. The third-order valence-electron chi connectivity index (χ3n) is 5.24. The summed E-state index contributed by atoms with van der Waals surface area (Å²) in [6, 6.07) is 21.4. The zero-order valence-corrected chi connectivity index (χ0v) is 20.0. The van der Waals surface area contributed by atoms with Gasteiger partial charge in [0.1, 0.15) is 12.1 Å². The number of nitrogens with one attached hydrogen (secondary N) is 3. The van der Waals surface area contributed by atoms with Crippen molar-refractivity contribution in [3.8, 4) is 0 Å². The fourth-order valence-electron chi connectivity index (χ4n) is 3.68. The Hall–Kier alpha value is -3.56. The second-order valence-electron chi connectivity index (χ2n) is 7.63. The highest BCUT2D eigenvalue weighted by atomic mass is 79.9. The van der Waals surface area contributed by atoms with Gasteiger partial charge in [0.05, 0.1) is 16.6 Å². The maximum atomic E-state index is 12.8. The number of rotatable bonds is 3. The zero-order chi connectivity index (χ0) is 22.9. The number of aryl methyl sites for hydroxylation is 1. The molecule has 2 heterocycles. The minimum absolute atomic E-state index is 0.0504. The predicted octanol–water partition coefficient (Wildman–Crippen LogP) is 4.83. The Morgan fingerprint density at radius 1 is 1.00 bits per heavy atom. The number of fused-ring (bicyclic) bond motifs is 4. The molecule has 7 nitrogen and oxygen atoms in total. The number of hydrogen-bond donors (Lipinski definition) is 3. The van der Waals surface area contributed by atoms with E-state index in [0.29, 0.717) is 10.8 Å². The summed E-state index contributed by atoms with van der Waals surface area (Å²) in [6.45, 7) is 2.07. The molecule has 0 radical (unpaired) electrons. The van der Waals surface area contributed by atoms with Gasteiger partial charge in [-0.25, -0.2) is 9.97 Å². The topological polar surface area (TPSA) is 83.9 Å². The molecule has 164 valence electrons. The molecule has 0 spiro atoms. The van der Waals surface area contributed by atoms with Crippen LogP contribution in [0.25, 0.3) is 33.1 Å². The highest BCUT2D eigenvalue weighted by Gasteiger charge is 2.17. The number of para-hydroxylation sites is 2. The Balaban J connectivity index is 1.40. The van der Waals surface area contributed by atoms with E-state index in [-0.39, 0.29) is 12.5 Å². The number of halogens is 1. The number of hydrogen-bond acceptors (Lipinski definition) is 4. The van der Waals surface area contributed by atoms with Crippen molar-refractivity contribution >= 4 is 78.0 Å². The van der Waals surface area contributed by atoms with Crippen molar-refractivity contribution in [3.05, 3.63) is 76.8 Å². The van der Waals surface area contributed by atoms with Crippen LogP contribution in [0.4, 0.5) is 5.69 Å². The maximum Gasteiger partial charge on any atom is 0.258 e. The normalized spacial score (nSPS) is 11.1. The van der Waals surface area contributed by atoms with Gasteiger partial charge < -0.3 is 9.88 Å². The average molecular weight is 519 g/mol. The number of anilines is 1. The predicted molar refractivity (Wildman–Crippen MR) is 139 cm³/mol. The standard InChI is InChI=1S/C24H19BrN6OS/c1-14-6-9-16(10-7-14)26-24(33)30-29-21(32)13-31-20-11-8-15(25)12-17(20)22-23(31)28-19-5-3-2-4-18(19)27-22/h2-12H,13H2,1H3,(H,29,32)(H2,26,30,33). The third-order valence-corrected chi connectivity index (χ3v) is 5.94. The number of carbonyl (C=O) groups excluding carboxylic acids is 1. The first-order valence-electron chi connectivity index (χ1n) is 10.2. The number of thiocarbonyl (C=S) groups is 1. The molecule has 3 N–H and O–H groups in total. The molecule has 0 aliphatic heterocycles. The van der Waals surface area contributed by atoms with E-state index in [9.17, 15) is 4.79 Å². The molecule has 0 saturated heterocycles. The van der Waals surface area contributed by atoms with Crippen molar-refractivity contribution < 1.29 is 4.79 Å². The van der Waals surface area contributed by atoms with Gasteiger partial charge in [0.2, 0.25) is 0 Å². The van der Waals surface area contributed by atoms with Crippen molar-refractivity contribution in [2.45, 2.75) is 13.5 Å². The summed E-state index contributed by atoms with van der Waals surface area (Å²) in [5.41, 5.74) is 11.3. The van der Waals surface area contributed by atoms with Crippen LogP contribution in [0.15, 0.2) is 71.2 Å². The lowest BCUT2D eigenvalue weighted by molar-refractivity contribution is -0.122. The van der Waals surface area contributed by atoms with Crippen LogP contribution in [-0.4, -0.2) is 25.6 Å². The van der Waals surface area contributed by atoms with Crippen LogP contribution in [0.5, 0.6) is 0 Å². The highest BCUT2D eigenvalue weighted by Crippen LogP contribution is 2.30. The van der Waals surface area contributed by atoms with Crippen LogP contribution in [0.2, 0.25) is 0 Å². The molecule has 0 bridgehead atoms. The van der Waals surface area contributed by atoms with Crippen molar-refractivity contribution in [1.29, 1.82) is 0 Å². The zero-order valence-electron chi connectivity index (χ0n) is 17.6. The van der Waals surface area contributed by atoms with Crippen molar-refractivity contribution in [2.75, 3.05) is 5.32 Å². The Morgan fingerprint density at radius 2 is 1.73 bits per heavy atom. The van der Waals surface area contributed by atoms with Gasteiger partial charge in [0.15, 0.2) is 10.8 Å².